The summed E-state index contributed by atoms with van der Waals surface area (Å²) in [4.78, 5) is 11.9. The van der Waals surface area contributed by atoms with Gasteiger partial charge in [-0.1, -0.05) is 11.6 Å². The summed E-state index contributed by atoms with van der Waals surface area (Å²) in [5, 5.41) is 11.9. The maximum atomic E-state index is 10.6. The number of aromatic carboxylic acids is 1. The largest absolute Gasteiger partial charge is 0.478 e. The zero-order valence-corrected chi connectivity index (χ0v) is 11.1. The highest BCUT2D eigenvalue weighted by Crippen LogP contribution is 2.21. The Morgan fingerprint density at radius 1 is 1.50 bits per heavy atom. The van der Waals surface area contributed by atoms with Crippen LogP contribution in [0.1, 0.15) is 21.0 Å². The molecule has 0 saturated heterocycles. The highest BCUT2D eigenvalue weighted by molar-refractivity contribution is 7.16. The zero-order chi connectivity index (χ0) is 13.0. The smallest absolute Gasteiger partial charge is 0.338 e. The fourth-order valence-electron chi connectivity index (χ4n) is 1.49. The van der Waals surface area contributed by atoms with Crippen LogP contribution in [0.15, 0.2) is 28.9 Å². The number of carbonyl (C=O) groups is 1. The van der Waals surface area contributed by atoms with Crippen LogP contribution in [0.4, 0.5) is 0 Å². The van der Waals surface area contributed by atoms with E-state index in [1.807, 2.05) is 12.1 Å². The maximum Gasteiger partial charge on any atom is 0.338 e. The van der Waals surface area contributed by atoms with E-state index in [-0.39, 0.29) is 5.56 Å². The van der Waals surface area contributed by atoms with E-state index in [2.05, 4.69) is 5.32 Å². The number of furan rings is 1. The van der Waals surface area contributed by atoms with Gasteiger partial charge >= 0.3 is 5.97 Å². The lowest BCUT2D eigenvalue weighted by Gasteiger charge is -2.00. The van der Waals surface area contributed by atoms with Crippen LogP contribution in [-0.2, 0) is 13.0 Å². The minimum absolute atomic E-state index is 0.178. The van der Waals surface area contributed by atoms with Crippen molar-refractivity contribution in [3.05, 3.63) is 45.0 Å². The first kappa shape index (κ1) is 13.1. The summed E-state index contributed by atoms with van der Waals surface area (Å²) in [5.41, 5.74) is 0.178. The Balaban J connectivity index is 1.73. The summed E-state index contributed by atoms with van der Waals surface area (Å²) in [7, 11) is 0. The molecule has 6 heteroatoms. The number of hydrogen-bond acceptors (Lipinski definition) is 4. The maximum absolute atomic E-state index is 10.6. The molecule has 0 aliphatic carbocycles. The standard InChI is InChI=1S/C12H12ClNO3S/c13-11-2-1-10(18-11)3-4-14-6-9-5-8(7-17-9)12(15)16/h1-2,5,7,14H,3-4,6H2,(H,15,16). The number of rotatable bonds is 6. The first-order chi connectivity index (χ1) is 8.65. The Morgan fingerprint density at radius 3 is 2.94 bits per heavy atom. The molecule has 0 aliphatic rings. The molecule has 2 aromatic rings. The molecule has 18 heavy (non-hydrogen) atoms. The van der Waals surface area contributed by atoms with E-state index in [9.17, 15) is 4.79 Å². The molecule has 0 aliphatic heterocycles. The molecule has 96 valence electrons. The van der Waals surface area contributed by atoms with E-state index in [1.165, 1.54) is 17.2 Å². The highest BCUT2D eigenvalue weighted by atomic mass is 35.5. The van der Waals surface area contributed by atoms with Gasteiger partial charge in [0.2, 0.25) is 0 Å². The van der Waals surface area contributed by atoms with Crippen molar-refractivity contribution in [1.82, 2.24) is 5.32 Å². The lowest BCUT2D eigenvalue weighted by molar-refractivity contribution is 0.0696. The number of nitrogens with one attached hydrogen (secondary N) is 1. The number of halogens is 1. The van der Waals surface area contributed by atoms with Gasteiger partial charge in [0.05, 0.1) is 16.4 Å². The monoisotopic (exact) mass is 285 g/mol. The second-order valence-electron chi connectivity index (χ2n) is 3.74. The Hall–Kier alpha value is -1.30. The van der Waals surface area contributed by atoms with Crippen LogP contribution in [0.25, 0.3) is 0 Å². The van der Waals surface area contributed by atoms with Gasteiger partial charge in [0.25, 0.3) is 0 Å². The van der Waals surface area contributed by atoms with Gasteiger partial charge in [-0.2, -0.15) is 0 Å². The predicted octanol–water partition coefficient (Wildman–Crippen LogP) is 3.03. The van der Waals surface area contributed by atoms with Crippen LogP contribution in [-0.4, -0.2) is 17.6 Å². The predicted molar refractivity (Wildman–Crippen MR) is 70.4 cm³/mol. The molecule has 0 fully saturated rings. The molecule has 4 nitrogen and oxygen atoms in total. The van der Waals surface area contributed by atoms with Crippen LogP contribution < -0.4 is 5.32 Å². The molecule has 2 N–H and O–H groups in total. The van der Waals surface area contributed by atoms with Gasteiger partial charge in [0.1, 0.15) is 12.0 Å². The third-order valence-corrected chi connectivity index (χ3v) is 3.67. The number of hydrogen-bond donors (Lipinski definition) is 2. The summed E-state index contributed by atoms with van der Waals surface area (Å²) < 4.78 is 5.91. The van der Waals surface area contributed by atoms with Crippen molar-refractivity contribution >= 4 is 28.9 Å². The molecule has 2 rings (SSSR count). The lowest BCUT2D eigenvalue weighted by atomic mass is 10.3. The SMILES string of the molecule is O=C(O)c1coc(CNCCc2ccc(Cl)s2)c1. The first-order valence-corrected chi connectivity index (χ1v) is 6.60. The average molecular weight is 286 g/mol. The van der Waals surface area contributed by atoms with Gasteiger partial charge in [-0.05, 0) is 24.6 Å². The molecule has 0 saturated carbocycles. The van der Waals surface area contributed by atoms with E-state index < -0.39 is 5.97 Å². The van der Waals surface area contributed by atoms with E-state index in [1.54, 1.807) is 11.3 Å². The average Bonchev–Trinajstić information content (AvgIpc) is 2.93. The lowest BCUT2D eigenvalue weighted by Crippen LogP contribution is -2.15. The van der Waals surface area contributed by atoms with E-state index in [0.717, 1.165) is 17.3 Å². The molecule has 0 bridgehead atoms. The van der Waals surface area contributed by atoms with Gasteiger partial charge in [-0.25, -0.2) is 4.79 Å². The molecule has 2 aromatic heterocycles. The van der Waals surface area contributed by atoms with Gasteiger partial charge in [-0.3, -0.25) is 0 Å². The quantitative estimate of drug-likeness (QED) is 0.801. The minimum atomic E-state index is -0.974. The topological polar surface area (TPSA) is 62.5 Å². The Kier molecular flexibility index (Phi) is 4.41. The summed E-state index contributed by atoms with van der Waals surface area (Å²) in [6.07, 6.45) is 2.14. The molecule has 0 unspecified atom stereocenters. The summed E-state index contributed by atoms with van der Waals surface area (Å²) in [6.45, 7) is 1.31. The van der Waals surface area contributed by atoms with Gasteiger partial charge < -0.3 is 14.8 Å². The van der Waals surface area contributed by atoms with Crippen LogP contribution >= 0.6 is 22.9 Å². The third-order valence-electron chi connectivity index (χ3n) is 2.38. The minimum Gasteiger partial charge on any atom is -0.478 e. The number of carboxylic acid groups (broad SMARTS) is 1. The fraction of sp³-hybridized carbons (Fsp3) is 0.250. The molecule has 0 spiro atoms. The van der Waals surface area contributed by atoms with Crippen molar-refractivity contribution in [3.8, 4) is 0 Å². The highest BCUT2D eigenvalue weighted by Gasteiger charge is 2.07. The first-order valence-electron chi connectivity index (χ1n) is 5.41. The molecule has 0 atom stereocenters. The molecular formula is C12H12ClNO3S. The van der Waals surface area contributed by atoms with E-state index >= 15 is 0 Å². The number of thiophene rings is 1. The summed E-state index contributed by atoms with van der Waals surface area (Å²) in [6, 6.07) is 5.41. The van der Waals surface area contributed by atoms with Crippen molar-refractivity contribution in [2.75, 3.05) is 6.54 Å². The van der Waals surface area contributed by atoms with E-state index in [4.69, 9.17) is 21.1 Å². The van der Waals surface area contributed by atoms with Crippen molar-refractivity contribution < 1.29 is 14.3 Å². The second-order valence-corrected chi connectivity index (χ2v) is 5.54. The number of carboxylic acids is 1. The van der Waals surface area contributed by atoms with Crippen molar-refractivity contribution in [1.29, 1.82) is 0 Å². The van der Waals surface area contributed by atoms with E-state index in [0.29, 0.717) is 12.3 Å². The molecule has 0 amide bonds. The van der Waals surface area contributed by atoms with Crippen molar-refractivity contribution in [2.24, 2.45) is 0 Å². The molecule has 2 heterocycles. The fourth-order valence-corrected chi connectivity index (χ4v) is 2.58. The summed E-state index contributed by atoms with van der Waals surface area (Å²) in [5.74, 6) is -0.352. The normalized spacial score (nSPS) is 10.7. The van der Waals surface area contributed by atoms with Gasteiger partial charge in [-0.15, -0.1) is 11.3 Å². The Morgan fingerprint density at radius 2 is 2.33 bits per heavy atom. The van der Waals surface area contributed by atoms with Crippen LogP contribution in [0.5, 0.6) is 0 Å². The van der Waals surface area contributed by atoms with Crippen molar-refractivity contribution in [3.63, 3.8) is 0 Å². The summed E-state index contributed by atoms with van der Waals surface area (Å²) >= 11 is 7.40. The molecular weight excluding hydrogens is 274 g/mol. The third kappa shape index (κ3) is 3.60. The molecule has 0 radical (unpaired) electrons. The second kappa shape index (κ2) is 6.04. The van der Waals surface area contributed by atoms with Crippen LogP contribution in [0.3, 0.4) is 0 Å². The molecule has 0 aromatic carbocycles. The van der Waals surface area contributed by atoms with Crippen LogP contribution in [0.2, 0.25) is 4.34 Å². The Bertz CT molecular complexity index is 535. The zero-order valence-electron chi connectivity index (χ0n) is 9.48. The van der Waals surface area contributed by atoms with Gasteiger partial charge in [0, 0.05) is 11.4 Å². The van der Waals surface area contributed by atoms with Crippen molar-refractivity contribution in [2.45, 2.75) is 13.0 Å². The van der Waals surface area contributed by atoms with Crippen LogP contribution in [0, 0.1) is 0 Å². The Labute approximate surface area is 113 Å². The van der Waals surface area contributed by atoms with Gasteiger partial charge in [0.15, 0.2) is 0 Å².